The van der Waals surface area contributed by atoms with Gasteiger partial charge in [-0.3, -0.25) is 4.79 Å². The summed E-state index contributed by atoms with van der Waals surface area (Å²) in [5.74, 6) is 0.375. The van der Waals surface area contributed by atoms with Crippen LogP contribution in [0.1, 0.15) is 29.8 Å². The van der Waals surface area contributed by atoms with E-state index in [0.29, 0.717) is 38.3 Å². The van der Waals surface area contributed by atoms with Crippen molar-refractivity contribution in [2.75, 3.05) is 20.3 Å². The summed E-state index contributed by atoms with van der Waals surface area (Å²) in [4.78, 5) is 20.2. The molecule has 7 heteroatoms. The monoisotopic (exact) mass is 292 g/mol. The second-order valence-corrected chi connectivity index (χ2v) is 4.80. The molecule has 2 aromatic heterocycles. The number of hydrogen-bond acceptors (Lipinski definition) is 6. The first-order valence-corrected chi connectivity index (χ1v) is 6.94. The summed E-state index contributed by atoms with van der Waals surface area (Å²) in [6.07, 6.45) is 3.11. The molecule has 7 nitrogen and oxygen atoms in total. The maximum absolute atomic E-state index is 11.7. The molecule has 0 unspecified atom stereocenters. The average Bonchev–Trinajstić information content (AvgIpc) is 2.91. The highest BCUT2D eigenvalue weighted by atomic mass is 16.5. The number of nitrogens with zero attached hydrogens (tertiary/aromatic N) is 4. The van der Waals surface area contributed by atoms with Crippen molar-refractivity contribution in [3.8, 4) is 0 Å². The third-order valence-electron chi connectivity index (χ3n) is 3.32. The summed E-state index contributed by atoms with van der Waals surface area (Å²) in [7, 11) is 1.63. The Kier molecular flexibility index (Phi) is 5.21. The maximum Gasteiger partial charge on any atom is 0.306 e. The van der Waals surface area contributed by atoms with Crippen molar-refractivity contribution in [1.29, 1.82) is 0 Å². The zero-order valence-electron chi connectivity index (χ0n) is 12.6. The van der Waals surface area contributed by atoms with E-state index in [1.807, 2.05) is 13.8 Å². The van der Waals surface area contributed by atoms with Gasteiger partial charge in [0.2, 0.25) is 0 Å². The van der Waals surface area contributed by atoms with Crippen LogP contribution in [-0.4, -0.2) is 45.9 Å². The van der Waals surface area contributed by atoms with Crippen molar-refractivity contribution in [2.24, 2.45) is 0 Å². The van der Waals surface area contributed by atoms with Crippen LogP contribution in [0.2, 0.25) is 0 Å². The lowest BCUT2D eigenvalue weighted by Crippen LogP contribution is -2.11. The first-order chi connectivity index (χ1) is 10.1. The number of rotatable bonds is 7. The van der Waals surface area contributed by atoms with Crippen LogP contribution in [0.15, 0.2) is 6.33 Å². The zero-order chi connectivity index (χ0) is 15.2. The number of aromatic nitrogens is 4. The van der Waals surface area contributed by atoms with Crippen molar-refractivity contribution in [3.05, 3.63) is 23.3 Å². The molecule has 114 valence electrons. The van der Waals surface area contributed by atoms with Crippen LogP contribution >= 0.6 is 0 Å². The molecule has 21 heavy (non-hydrogen) atoms. The van der Waals surface area contributed by atoms with Crippen molar-refractivity contribution >= 4 is 11.7 Å². The quantitative estimate of drug-likeness (QED) is 0.564. The van der Waals surface area contributed by atoms with E-state index in [4.69, 9.17) is 9.47 Å². The first-order valence-electron chi connectivity index (χ1n) is 6.94. The molecule has 2 aromatic rings. The molecule has 0 atom stereocenters. The van der Waals surface area contributed by atoms with E-state index in [1.165, 1.54) is 6.33 Å². The lowest BCUT2D eigenvalue weighted by atomic mass is 10.1. The second kappa shape index (κ2) is 7.12. The molecule has 0 amide bonds. The SMILES string of the molecule is COCCCOC(=O)CCc1c(C)nc2ncnn2c1C. The van der Waals surface area contributed by atoms with Crippen molar-refractivity contribution < 1.29 is 14.3 Å². The Morgan fingerprint density at radius 2 is 2.14 bits per heavy atom. The fourth-order valence-corrected chi connectivity index (χ4v) is 2.21. The first kappa shape index (κ1) is 15.4. The Morgan fingerprint density at radius 1 is 1.33 bits per heavy atom. The van der Waals surface area contributed by atoms with Crippen LogP contribution in [0.25, 0.3) is 5.78 Å². The van der Waals surface area contributed by atoms with Crippen LogP contribution in [0.5, 0.6) is 0 Å². The predicted molar refractivity (Wildman–Crippen MR) is 76.0 cm³/mol. The van der Waals surface area contributed by atoms with E-state index < -0.39 is 0 Å². The molecule has 0 saturated carbocycles. The minimum Gasteiger partial charge on any atom is -0.466 e. The smallest absolute Gasteiger partial charge is 0.306 e. The van der Waals surface area contributed by atoms with Gasteiger partial charge in [0, 0.05) is 37.9 Å². The number of methoxy groups -OCH3 is 1. The highest BCUT2D eigenvalue weighted by Crippen LogP contribution is 2.15. The number of hydrogen-bond donors (Lipinski definition) is 0. The Balaban J connectivity index is 1.95. The van der Waals surface area contributed by atoms with Gasteiger partial charge in [0.1, 0.15) is 6.33 Å². The summed E-state index contributed by atoms with van der Waals surface area (Å²) in [6, 6.07) is 0. The number of aryl methyl sites for hydroxylation is 2. The molecule has 0 aromatic carbocycles. The van der Waals surface area contributed by atoms with E-state index in [1.54, 1.807) is 11.6 Å². The van der Waals surface area contributed by atoms with E-state index in [9.17, 15) is 4.79 Å². The Morgan fingerprint density at radius 3 is 2.90 bits per heavy atom. The molecule has 0 saturated heterocycles. The molecule has 0 spiro atoms. The third-order valence-corrected chi connectivity index (χ3v) is 3.32. The van der Waals surface area contributed by atoms with Crippen LogP contribution in [0.4, 0.5) is 0 Å². The van der Waals surface area contributed by atoms with E-state index in [-0.39, 0.29) is 5.97 Å². The third kappa shape index (κ3) is 3.75. The topological polar surface area (TPSA) is 78.6 Å². The molecule has 0 N–H and O–H groups in total. The fourth-order valence-electron chi connectivity index (χ4n) is 2.21. The molecule has 2 rings (SSSR count). The second-order valence-electron chi connectivity index (χ2n) is 4.80. The molecule has 2 heterocycles. The molecule has 0 aliphatic rings. The standard InChI is InChI=1S/C14H20N4O3/c1-10-12(5-6-13(19)21-8-4-7-20-3)11(2)18-14(17-10)15-9-16-18/h9H,4-8H2,1-3H3. The molecular weight excluding hydrogens is 272 g/mol. The number of fused-ring (bicyclic) bond motifs is 1. The van der Waals surface area contributed by atoms with Gasteiger partial charge in [0.05, 0.1) is 6.61 Å². The number of carbonyl (C=O) groups is 1. The minimum absolute atomic E-state index is 0.205. The van der Waals surface area contributed by atoms with Crippen molar-refractivity contribution in [2.45, 2.75) is 33.1 Å². The Labute approximate surface area is 123 Å². The van der Waals surface area contributed by atoms with Gasteiger partial charge >= 0.3 is 5.97 Å². The van der Waals surface area contributed by atoms with Crippen LogP contribution in [-0.2, 0) is 20.7 Å². The van der Waals surface area contributed by atoms with E-state index in [0.717, 1.165) is 17.0 Å². The van der Waals surface area contributed by atoms with E-state index >= 15 is 0 Å². The predicted octanol–water partition coefficient (Wildman–Crippen LogP) is 1.25. The van der Waals surface area contributed by atoms with E-state index in [2.05, 4.69) is 15.1 Å². The molecule has 0 fully saturated rings. The molecule has 0 aliphatic heterocycles. The zero-order valence-corrected chi connectivity index (χ0v) is 12.6. The molecule has 0 bridgehead atoms. The largest absolute Gasteiger partial charge is 0.466 e. The van der Waals surface area contributed by atoms with Gasteiger partial charge < -0.3 is 9.47 Å². The van der Waals surface area contributed by atoms with Crippen molar-refractivity contribution in [1.82, 2.24) is 19.6 Å². The van der Waals surface area contributed by atoms with Gasteiger partial charge in [-0.2, -0.15) is 10.1 Å². The number of carbonyl (C=O) groups excluding carboxylic acids is 1. The van der Waals surface area contributed by atoms with Gasteiger partial charge in [-0.15, -0.1) is 0 Å². The highest BCUT2D eigenvalue weighted by Gasteiger charge is 2.12. The summed E-state index contributed by atoms with van der Waals surface area (Å²) in [5, 5.41) is 4.13. The number of ether oxygens (including phenoxy) is 2. The van der Waals surface area contributed by atoms with Crippen LogP contribution in [0.3, 0.4) is 0 Å². The molecule has 0 aliphatic carbocycles. The molecule has 0 radical (unpaired) electrons. The van der Waals surface area contributed by atoms with Gasteiger partial charge in [0.25, 0.3) is 5.78 Å². The number of esters is 1. The van der Waals surface area contributed by atoms with Gasteiger partial charge in [-0.25, -0.2) is 9.50 Å². The van der Waals surface area contributed by atoms with Gasteiger partial charge in [0.15, 0.2) is 0 Å². The van der Waals surface area contributed by atoms with Crippen LogP contribution < -0.4 is 0 Å². The summed E-state index contributed by atoms with van der Waals surface area (Å²) in [6.45, 7) is 4.86. The summed E-state index contributed by atoms with van der Waals surface area (Å²) < 4.78 is 11.7. The normalized spacial score (nSPS) is 11.0. The van der Waals surface area contributed by atoms with Crippen LogP contribution in [0, 0.1) is 13.8 Å². The Bertz CT molecular complexity index is 624. The lowest BCUT2D eigenvalue weighted by Gasteiger charge is -2.10. The Hall–Kier alpha value is -2.02. The minimum atomic E-state index is -0.205. The maximum atomic E-state index is 11.7. The lowest BCUT2D eigenvalue weighted by molar-refractivity contribution is -0.143. The summed E-state index contributed by atoms with van der Waals surface area (Å²) >= 11 is 0. The summed E-state index contributed by atoms with van der Waals surface area (Å²) in [5.41, 5.74) is 2.85. The molecular formula is C14H20N4O3. The van der Waals surface area contributed by atoms with Crippen molar-refractivity contribution in [3.63, 3.8) is 0 Å². The average molecular weight is 292 g/mol. The van der Waals surface area contributed by atoms with Gasteiger partial charge in [-0.1, -0.05) is 0 Å². The van der Waals surface area contributed by atoms with Gasteiger partial charge in [-0.05, 0) is 25.8 Å². The highest BCUT2D eigenvalue weighted by molar-refractivity contribution is 5.69. The fraction of sp³-hybridized carbons (Fsp3) is 0.571.